The highest BCUT2D eigenvalue weighted by molar-refractivity contribution is 14.0. The molecule has 25 heavy (non-hydrogen) atoms. The molecule has 0 unspecified atom stereocenters. The average Bonchev–Trinajstić information content (AvgIpc) is 2.98. The Morgan fingerprint density at radius 1 is 1.24 bits per heavy atom. The predicted octanol–water partition coefficient (Wildman–Crippen LogP) is 4.53. The van der Waals surface area contributed by atoms with Crippen molar-refractivity contribution in [3.63, 3.8) is 0 Å². The summed E-state index contributed by atoms with van der Waals surface area (Å²) in [6, 6.07) is 6.25. The van der Waals surface area contributed by atoms with Crippen LogP contribution in [0.4, 0.5) is 0 Å². The van der Waals surface area contributed by atoms with Gasteiger partial charge in [-0.2, -0.15) is 0 Å². The van der Waals surface area contributed by atoms with Gasteiger partial charge >= 0.3 is 0 Å². The van der Waals surface area contributed by atoms with Crippen molar-refractivity contribution in [3.8, 4) is 0 Å². The molecule has 7 heteroatoms. The lowest BCUT2D eigenvalue weighted by atomic mass is 9.94. The van der Waals surface area contributed by atoms with E-state index in [0.29, 0.717) is 24.9 Å². The van der Waals surface area contributed by atoms with E-state index >= 15 is 0 Å². The zero-order valence-corrected chi connectivity index (χ0v) is 19.2. The molecule has 1 heterocycles. The first kappa shape index (κ1) is 22.0. The number of aromatic nitrogens is 1. The SMILES string of the molecule is CN=C(NCc1ncc(C(C)(C)C)o1)NCc1ccc(Br)cc1C.I. The van der Waals surface area contributed by atoms with Gasteiger partial charge in [-0.3, -0.25) is 4.99 Å². The summed E-state index contributed by atoms with van der Waals surface area (Å²) in [6.45, 7) is 9.61. The average molecular weight is 521 g/mol. The number of aryl methyl sites for hydroxylation is 1. The van der Waals surface area contributed by atoms with Crippen molar-refractivity contribution in [2.24, 2.45) is 4.99 Å². The van der Waals surface area contributed by atoms with E-state index in [4.69, 9.17) is 4.42 Å². The molecule has 0 aliphatic heterocycles. The molecule has 0 bridgehead atoms. The Morgan fingerprint density at radius 2 is 1.92 bits per heavy atom. The van der Waals surface area contributed by atoms with Crippen LogP contribution in [0.5, 0.6) is 0 Å². The minimum absolute atomic E-state index is 0. The van der Waals surface area contributed by atoms with Gasteiger partial charge < -0.3 is 15.1 Å². The molecule has 0 saturated heterocycles. The lowest BCUT2D eigenvalue weighted by Gasteiger charge is -2.14. The lowest BCUT2D eigenvalue weighted by molar-refractivity contribution is 0.379. The highest BCUT2D eigenvalue weighted by Gasteiger charge is 2.19. The molecule has 0 radical (unpaired) electrons. The van der Waals surface area contributed by atoms with Crippen LogP contribution in [-0.4, -0.2) is 18.0 Å². The van der Waals surface area contributed by atoms with Gasteiger partial charge in [0.25, 0.3) is 0 Å². The fraction of sp³-hybridized carbons (Fsp3) is 0.444. The minimum atomic E-state index is -0.0374. The standard InChI is InChI=1S/C18H25BrN4O.HI/c1-12-8-14(19)7-6-13(12)9-22-17(20-5)23-11-16-21-10-15(24-16)18(2,3)4;/h6-8,10H,9,11H2,1-5H3,(H2,20,22,23);1H. The summed E-state index contributed by atoms with van der Waals surface area (Å²) < 4.78 is 6.86. The van der Waals surface area contributed by atoms with Gasteiger partial charge in [-0.15, -0.1) is 24.0 Å². The zero-order chi connectivity index (χ0) is 17.7. The summed E-state index contributed by atoms with van der Waals surface area (Å²) in [5.74, 6) is 2.25. The molecule has 5 nitrogen and oxygen atoms in total. The minimum Gasteiger partial charge on any atom is -0.443 e. The molecule has 2 rings (SSSR count). The molecule has 1 aromatic carbocycles. The number of rotatable bonds is 4. The van der Waals surface area contributed by atoms with Gasteiger partial charge in [-0.1, -0.05) is 42.8 Å². The Kier molecular flexibility index (Phi) is 8.40. The number of benzene rings is 1. The summed E-state index contributed by atoms with van der Waals surface area (Å²) in [5, 5.41) is 6.53. The Labute approximate surface area is 175 Å². The van der Waals surface area contributed by atoms with Crippen LogP contribution in [0.3, 0.4) is 0 Å². The van der Waals surface area contributed by atoms with Gasteiger partial charge in [-0.05, 0) is 30.2 Å². The number of hydrogen-bond acceptors (Lipinski definition) is 3. The van der Waals surface area contributed by atoms with Crippen LogP contribution >= 0.6 is 39.9 Å². The highest BCUT2D eigenvalue weighted by atomic mass is 127. The Bertz CT molecular complexity index is 722. The molecular weight excluding hydrogens is 495 g/mol. The topological polar surface area (TPSA) is 62.5 Å². The first-order chi connectivity index (χ1) is 11.3. The quantitative estimate of drug-likeness (QED) is 0.353. The van der Waals surface area contributed by atoms with E-state index in [1.54, 1.807) is 13.2 Å². The van der Waals surface area contributed by atoms with Crippen LogP contribution in [0, 0.1) is 6.92 Å². The second kappa shape index (κ2) is 9.56. The van der Waals surface area contributed by atoms with Crippen LogP contribution in [-0.2, 0) is 18.5 Å². The van der Waals surface area contributed by atoms with Crippen molar-refractivity contribution in [3.05, 3.63) is 51.6 Å². The normalized spacial score (nSPS) is 11.8. The number of halogens is 2. The van der Waals surface area contributed by atoms with Gasteiger partial charge in [0, 0.05) is 23.5 Å². The van der Waals surface area contributed by atoms with Crippen LogP contribution in [0.25, 0.3) is 0 Å². The summed E-state index contributed by atoms with van der Waals surface area (Å²) in [4.78, 5) is 8.55. The number of oxazole rings is 1. The maximum Gasteiger partial charge on any atom is 0.213 e. The van der Waals surface area contributed by atoms with Crippen LogP contribution in [0.1, 0.15) is 43.5 Å². The molecule has 2 aromatic rings. The molecule has 1 aromatic heterocycles. The predicted molar refractivity (Wildman–Crippen MR) is 117 cm³/mol. The van der Waals surface area contributed by atoms with E-state index in [9.17, 15) is 0 Å². The van der Waals surface area contributed by atoms with E-state index in [2.05, 4.69) is 76.4 Å². The molecule has 0 amide bonds. The second-order valence-electron chi connectivity index (χ2n) is 6.72. The molecule has 0 fully saturated rings. The van der Waals surface area contributed by atoms with Crippen LogP contribution in [0.15, 0.2) is 38.3 Å². The Balaban J connectivity index is 0.00000312. The van der Waals surface area contributed by atoms with Gasteiger partial charge in [-0.25, -0.2) is 4.98 Å². The largest absolute Gasteiger partial charge is 0.443 e. The van der Waals surface area contributed by atoms with Crippen molar-refractivity contribution in [1.82, 2.24) is 15.6 Å². The number of guanidine groups is 1. The van der Waals surface area contributed by atoms with Crippen molar-refractivity contribution in [2.45, 2.75) is 46.2 Å². The van der Waals surface area contributed by atoms with E-state index in [0.717, 1.165) is 10.2 Å². The van der Waals surface area contributed by atoms with Gasteiger partial charge in [0.15, 0.2) is 5.96 Å². The van der Waals surface area contributed by atoms with Gasteiger partial charge in [0.05, 0.1) is 12.7 Å². The molecule has 2 N–H and O–H groups in total. The van der Waals surface area contributed by atoms with E-state index in [1.165, 1.54) is 11.1 Å². The number of nitrogens with one attached hydrogen (secondary N) is 2. The monoisotopic (exact) mass is 520 g/mol. The lowest BCUT2D eigenvalue weighted by Crippen LogP contribution is -2.36. The van der Waals surface area contributed by atoms with E-state index in [1.807, 2.05) is 6.07 Å². The smallest absolute Gasteiger partial charge is 0.213 e. The molecule has 0 aliphatic carbocycles. The third-order valence-corrected chi connectivity index (χ3v) is 4.17. The fourth-order valence-electron chi connectivity index (χ4n) is 2.16. The fourth-order valence-corrected chi connectivity index (χ4v) is 2.63. The molecule has 0 saturated carbocycles. The summed E-state index contributed by atoms with van der Waals surface area (Å²) in [6.07, 6.45) is 1.79. The highest BCUT2D eigenvalue weighted by Crippen LogP contribution is 2.22. The zero-order valence-electron chi connectivity index (χ0n) is 15.3. The number of nitrogens with zero attached hydrogens (tertiary/aromatic N) is 2. The summed E-state index contributed by atoms with van der Waals surface area (Å²) in [7, 11) is 1.75. The van der Waals surface area contributed by atoms with Crippen LogP contribution < -0.4 is 10.6 Å². The summed E-state index contributed by atoms with van der Waals surface area (Å²) in [5.41, 5.74) is 2.42. The van der Waals surface area contributed by atoms with Gasteiger partial charge in [0.1, 0.15) is 5.76 Å². The third kappa shape index (κ3) is 6.62. The van der Waals surface area contributed by atoms with Crippen molar-refractivity contribution in [2.75, 3.05) is 7.05 Å². The van der Waals surface area contributed by atoms with Crippen LogP contribution in [0.2, 0.25) is 0 Å². The molecule has 0 spiro atoms. The second-order valence-corrected chi connectivity index (χ2v) is 7.63. The van der Waals surface area contributed by atoms with Crippen molar-refractivity contribution >= 4 is 45.9 Å². The molecular formula is C18H26BrIN4O. The van der Waals surface area contributed by atoms with E-state index in [-0.39, 0.29) is 29.4 Å². The van der Waals surface area contributed by atoms with Crippen molar-refractivity contribution < 1.29 is 4.42 Å². The van der Waals surface area contributed by atoms with Gasteiger partial charge in [0.2, 0.25) is 5.89 Å². The molecule has 138 valence electrons. The molecule has 0 aliphatic rings. The van der Waals surface area contributed by atoms with Crippen molar-refractivity contribution in [1.29, 1.82) is 0 Å². The maximum absolute atomic E-state index is 5.78. The number of aliphatic imine (C=N–C) groups is 1. The number of hydrogen-bond donors (Lipinski definition) is 2. The molecule has 0 atom stereocenters. The first-order valence-corrected chi connectivity index (χ1v) is 8.73. The first-order valence-electron chi connectivity index (χ1n) is 7.94. The summed E-state index contributed by atoms with van der Waals surface area (Å²) >= 11 is 3.48. The third-order valence-electron chi connectivity index (χ3n) is 3.67. The Hall–Kier alpha value is -1.09. The maximum atomic E-state index is 5.78. The van der Waals surface area contributed by atoms with E-state index < -0.39 is 0 Å². The Morgan fingerprint density at radius 3 is 2.48 bits per heavy atom.